The molecule has 3 N–H and O–H groups in total. The number of carbonyl (C=O) groups is 3. The molecule has 0 radical (unpaired) electrons. The lowest BCUT2D eigenvalue weighted by Crippen LogP contribution is -2.51. The maximum atomic E-state index is 11.9. The lowest BCUT2D eigenvalue weighted by Gasteiger charge is -2.30. The number of likely N-dealkylation sites (N-methyl/N-ethyl adjacent to an activating group) is 1. The molecule has 23 heavy (non-hydrogen) atoms. The maximum Gasteiger partial charge on any atom is 0.243 e. The molecular formula is C17H19N3O3. The number of rotatable bonds is 4. The predicted molar refractivity (Wildman–Crippen MR) is 85.4 cm³/mol. The van der Waals surface area contributed by atoms with Crippen molar-refractivity contribution in [3.63, 3.8) is 0 Å². The fourth-order valence-electron chi connectivity index (χ4n) is 2.57. The van der Waals surface area contributed by atoms with Crippen LogP contribution in [0.4, 0.5) is 0 Å². The summed E-state index contributed by atoms with van der Waals surface area (Å²) < 4.78 is 0. The van der Waals surface area contributed by atoms with Gasteiger partial charge < -0.3 is 5.73 Å². The first-order valence-corrected chi connectivity index (χ1v) is 7.36. The Balaban J connectivity index is 2.18. The maximum absolute atomic E-state index is 11.9. The van der Waals surface area contributed by atoms with Crippen LogP contribution < -0.4 is 11.1 Å². The summed E-state index contributed by atoms with van der Waals surface area (Å²) in [5.41, 5.74) is 7.48. The third-order valence-electron chi connectivity index (χ3n) is 3.77. The van der Waals surface area contributed by atoms with Gasteiger partial charge in [0.15, 0.2) is 0 Å². The summed E-state index contributed by atoms with van der Waals surface area (Å²) in [6.45, 7) is 0.680. The van der Waals surface area contributed by atoms with E-state index >= 15 is 0 Å². The summed E-state index contributed by atoms with van der Waals surface area (Å²) in [5, 5.41) is 2.34. The lowest BCUT2D eigenvalue weighted by atomic mass is 10.0. The average molecular weight is 313 g/mol. The number of benzene rings is 1. The van der Waals surface area contributed by atoms with E-state index < -0.39 is 0 Å². The van der Waals surface area contributed by atoms with Crippen molar-refractivity contribution in [3.8, 4) is 11.8 Å². The van der Waals surface area contributed by atoms with Gasteiger partial charge in [-0.15, -0.1) is 0 Å². The highest BCUT2D eigenvalue weighted by molar-refractivity contribution is 6.00. The largest absolute Gasteiger partial charge is 0.320 e. The molecule has 0 bridgehead atoms. The van der Waals surface area contributed by atoms with Crippen molar-refractivity contribution in [1.29, 1.82) is 0 Å². The highest BCUT2D eigenvalue weighted by Gasteiger charge is 2.29. The molecule has 2 amide bonds. The van der Waals surface area contributed by atoms with Crippen molar-refractivity contribution in [3.05, 3.63) is 34.9 Å². The molecule has 6 nitrogen and oxygen atoms in total. The number of aldehydes is 1. The van der Waals surface area contributed by atoms with Gasteiger partial charge in [-0.1, -0.05) is 17.9 Å². The van der Waals surface area contributed by atoms with E-state index in [1.165, 1.54) is 0 Å². The van der Waals surface area contributed by atoms with Crippen molar-refractivity contribution in [1.82, 2.24) is 10.2 Å². The first-order valence-electron chi connectivity index (χ1n) is 7.36. The number of imide groups is 1. The summed E-state index contributed by atoms with van der Waals surface area (Å²) in [6.07, 6.45) is 1.58. The minimum absolute atomic E-state index is 0.243. The Morgan fingerprint density at radius 1 is 1.43 bits per heavy atom. The number of piperidine rings is 1. The zero-order valence-electron chi connectivity index (χ0n) is 13.0. The molecule has 1 aromatic carbocycles. The fraction of sp³-hybridized carbons (Fsp3) is 0.353. The topological polar surface area (TPSA) is 92.5 Å². The van der Waals surface area contributed by atoms with Crippen LogP contribution in [0, 0.1) is 11.8 Å². The highest BCUT2D eigenvalue weighted by Crippen LogP contribution is 2.17. The van der Waals surface area contributed by atoms with Crippen molar-refractivity contribution in [2.75, 3.05) is 13.6 Å². The Kier molecular flexibility index (Phi) is 5.63. The van der Waals surface area contributed by atoms with Crippen LogP contribution in [0.5, 0.6) is 0 Å². The quantitative estimate of drug-likeness (QED) is 0.465. The smallest absolute Gasteiger partial charge is 0.243 e. The van der Waals surface area contributed by atoms with Gasteiger partial charge in [0.25, 0.3) is 0 Å². The molecule has 0 aromatic heterocycles. The van der Waals surface area contributed by atoms with Gasteiger partial charge in [0, 0.05) is 24.1 Å². The van der Waals surface area contributed by atoms with E-state index in [0.29, 0.717) is 24.9 Å². The molecule has 1 aromatic rings. The Morgan fingerprint density at radius 2 is 2.22 bits per heavy atom. The van der Waals surface area contributed by atoms with Gasteiger partial charge in [-0.3, -0.25) is 24.6 Å². The third kappa shape index (κ3) is 4.25. The summed E-state index contributed by atoms with van der Waals surface area (Å²) in [6, 6.07) is 4.92. The molecular weight excluding hydrogens is 294 g/mol. The summed E-state index contributed by atoms with van der Waals surface area (Å²) in [5.74, 6) is 5.16. The zero-order chi connectivity index (χ0) is 16.8. The minimum Gasteiger partial charge on any atom is -0.320 e. The summed E-state index contributed by atoms with van der Waals surface area (Å²) in [4.78, 5) is 36.2. The van der Waals surface area contributed by atoms with Gasteiger partial charge in [0.2, 0.25) is 11.8 Å². The second-order valence-electron chi connectivity index (χ2n) is 5.42. The van der Waals surface area contributed by atoms with Gasteiger partial charge in [0.1, 0.15) is 6.29 Å². The van der Waals surface area contributed by atoms with Crippen molar-refractivity contribution >= 4 is 18.1 Å². The molecule has 1 atom stereocenters. The van der Waals surface area contributed by atoms with Crippen LogP contribution in [0.2, 0.25) is 0 Å². The van der Waals surface area contributed by atoms with Gasteiger partial charge in [-0.2, -0.15) is 0 Å². The zero-order valence-corrected chi connectivity index (χ0v) is 13.0. The van der Waals surface area contributed by atoms with Crippen molar-refractivity contribution < 1.29 is 14.4 Å². The van der Waals surface area contributed by atoms with Crippen LogP contribution in [0.3, 0.4) is 0 Å². The highest BCUT2D eigenvalue weighted by atomic mass is 16.2. The molecule has 120 valence electrons. The molecule has 1 fully saturated rings. The van der Waals surface area contributed by atoms with E-state index in [2.05, 4.69) is 17.2 Å². The SMILES string of the molecule is CN(Cc1cc(C#CCN)ccc1C=O)C1CCC(=O)NC1=O. The van der Waals surface area contributed by atoms with E-state index in [4.69, 9.17) is 5.73 Å². The molecule has 1 heterocycles. The molecule has 0 saturated carbocycles. The predicted octanol–water partition coefficient (Wildman–Crippen LogP) is 0.0463. The van der Waals surface area contributed by atoms with E-state index in [1.54, 1.807) is 19.2 Å². The monoisotopic (exact) mass is 313 g/mol. The number of hydrogen-bond acceptors (Lipinski definition) is 5. The molecule has 6 heteroatoms. The Bertz CT molecular complexity index is 688. The van der Waals surface area contributed by atoms with Gasteiger partial charge in [0.05, 0.1) is 12.6 Å². The minimum atomic E-state index is -0.383. The molecule has 1 unspecified atom stereocenters. The van der Waals surface area contributed by atoms with Crippen molar-refractivity contribution in [2.45, 2.75) is 25.4 Å². The van der Waals surface area contributed by atoms with Crippen LogP contribution in [0.25, 0.3) is 0 Å². The average Bonchev–Trinajstić information content (AvgIpc) is 2.53. The van der Waals surface area contributed by atoms with Gasteiger partial charge in [-0.25, -0.2) is 0 Å². The van der Waals surface area contributed by atoms with Crippen LogP contribution in [0.15, 0.2) is 18.2 Å². The standard InChI is InChI=1S/C17H19N3O3/c1-20(15-6-7-16(22)19-17(15)23)10-14-9-12(3-2-8-18)4-5-13(14)11-21/h4-5,9,11,15H,6-8,10,18H2,1H3,(H,19,22,23). The molecule has 2 rings (SSSR count). The van der Waals surface area contributed by atoms with Crippen LogP contribution >= 0.6 is 0 Å². The number of nitrogens with two attached hydrogens (primary N) is 1. The lowest BCUT2D eigenvalue weighted by molar-refractivity contribution is -0.137. The molecule has 1 saturated heterocycles. The second kappa shape index (κ2) is 7.68. The van der Waals surface area contributed by atoms with Gasteiger partial charge >= 0.3 is 0 Å². The van der Waals surface area contributed by atoms with E-state index in [0.717, 1.165) is 17.4 Å². The molecule has 1 aliphatic rings. The first kappa shape index (κ1) is 16.9. The summed E-state index contributed by atoms with van der Waals surface area (Å²) >= 11 is 0. The van der Waals surface area contributed by atoms with Crippen LogP contribution in [-0.4, -0.2) is 42.6 Å². The van der Waals surface area contributed by atoms with Gasteiger partial charge in [-0.05, 0) is 31.2 Å². The molecule has 1 aliphatic heterocycles. The summed E-state index contributed by atoms with van der Waals surface area (Å²) in [7, 11) is 1.80. The number of hydrogen-bond donors (Lipinski definition) is 2. The normalized spacial score (nSPS) is 17.4. The Morgan fingerprint density at radius 3 is 2.87 bits per heavy atom. The molecule has 0 spiro atoms. The first-order chi connectivity index (χ1) is 11.0. The second-order valence-corrected chi connectivity index (χ2v) is 5.42. The fourth-order valence-corrected chi connectivity index (χ4v) is 2.57. The van der Waals surface area contributed by atoms with E-state index in [9.17, 15) is 14.4 Å². The van der Waals surface area contributed by atoms with E-state index in [1.807, 2.05) is 11.0 Å². The number of amides is 2. The number of nitrogens with zero attached hydrogens (tertiary/aromatic N) is 1. The van der Waals surface area contributed by atoms with Crippen molar-refractivity contribution in [2.24, 2.45) is 5.73 Å². The third-order valence-corrected chi connectivity index (χ3v) is 3.77. The number of nitrogens with one attached hydrogen (secondary N) is 1. The Hall–Kier alpha value is -2.49. The van der Waals surface area contributed by atoms with Crippen LogP contribution in [-0.2, 0) is 16.1 Å². The van der Waals surface area contributed by atoms with Crippen LogP contribution in [0.1, 0.15) is 34.3 Å². The van der Waals surface area contributed by atoms with E-state index in [-0.39, 0.29) is 24.4 Å². The number of carbonyl (C=O) groups excluding carboxylic acids is 3. The Labute approximate surface area is 135 Å². The molecule has 0 aliphatic carbocycles.